The smallest absolute Gasteiger partial charge is 0.321 e. The number of nitrogens with zero attached hydrogens (tertiary/aromatic N) is 2. The van der Waals surface area contributed by atoms with E-state index in [0.29, 0.717) is 0 Å². The molecule has 4 nitrogen and oxygen atoms in total. The highest BCUT2D eigenvalue weighted by molar-refractivity contribution is 5.93. The van der Waals surface area contributed by atoms with Crippen LogP contribution >= 0.6 is 0 Å². The maximum Gasteiger partial charge on any atom is 0.321 e. The molecule has 0 aliphatic heterocycles. The molecule has 2 rings (SSSR count). The van der Waals surface area contributed by atoms with Crippen molar-refractivity contribution in [3.8, 4) is 0 Å². The number of nitrogens with one attached hydrogen (secondary N) is 1. The summed E-state index contributed by atoms with van der Waals surface area (Å²) in [7, 11) is 3.88. The molecule has 25 heavy (non-hydrogen) atoms. The summed E-state index contributed by atoms with van der Waals surface area (Å²) in [6.07, 6.45) is 3.13. The third-order valence-corrected chi connectivity index (χ3v) is 4.43. The second-order valence-electron chi connectivity index (χ2n) is 6.33. The molecular weight excluding hydrogens is 310 g/mol. The van der Waals surface area contributed by atoms with Crippen LogP contribution in [0.3, 0.4) is 0 Å². The van der Waals surface area contributed by atoms with Gasteiger partial charge in [0.15, 0.2) is 0 Å². The molecule has 0 unspecified atom stereocenters. The maximum atomic E-state index is 12.4. The summed E-state index contributed by atoms with van der Waals surface area (Å²) in [5.41, 5.74) is 3.25. The zero-order valence-electron chi connectivity index (χ0n) is 15.5. The zero-order chi connectivity index (χ0) is 18.1. The SMILES string of the molecule is CCN(C)c1ccccc1NC(=O)N(C)CCCCc1ccccc1. The lowest BCUT2D eigenvalue weighted by atomic mass is 10.1. The standard InChI is InChI=1S/C21H29N3O/c1-4-23(2)20-16-9-8-15-19(20)22-21(25)24(3)17-11-10-14-18-12-6-5-7-13-18/h5-9,12-13,15-16H,4,10-11,14,17H2,1-3H3,(H,22,25). The van der Waals surface area contributed by atoms with Gasteiger partial charge in [-0.2, -0.15) is 0 Å². The number of amides is 2. The number of aryl methyl sites for hydroxylation is 1. The monoisotopic (exact) mass is 339 g/mol. The van der Waals surface area contributed by atoms with Gasteiger partial charge in [0.1, 0.15) is 0 Å². The molecule has 0 aromatic heterocycles. The normalized spacial score (nSPS) is 10.4. The molecule has 0 atom stereocenters. The van der Waals surface area contributed by atoms with E-state index in [2.05, 4.69) is 41.4 Å². The first-order valence-corrected chi connectivity index (χ1v) is 8.98. The van der Waals surface area contributed by atoms with Crippen molar-refractivity contribution in [1.29, 1.82) is 0 Å². The summed E-state index contributed by atoms with van der Waals surface area (Å²) >= 11 is 0. The van der Waals surface area contributed by atoms with Crippen LogP contribution in [0.5, 0.6) is 0 Å². The van der Waals surface area contributed by atoms with Crippen LogP contribution in [0.1, 0.15) is 25.3 Å². The highest BCUT2D eigenvalue weighted by Crippen LogP contribution is 2.24. The Morgan fingerprint density at radius 3 is 2.36 bits per heavy atom. The highest BCUT2D eigenvalue weighted by atomic mass is 16.2. The van der Waals surface area contributed by atoms with Gasteiger partial charge in [-0.05, 0) is 43.9 Å². The Labute approximate surface area is 151 Å². The largest absolute Gasteiger partial charge is 0.373 e. The van der Waals surface area contributed by atoms with Crippen molar-refractivity contribution in [2.45, 2.75) is 26.2 Å². The van der Waals surface area contributed by atoms with E-state index in [4.69, 9.17) is 0 Å². The molecule has 0 heterocycles. The minimum absolute atomic E-state index is 0.0586. The van der Waals surface area contributed by atoms with E-state index in [1.165, 1.54) is 5.56 Å². The fraction of sp³-hybridized carbons (Fsp3) is 0.381. The second-order valence-corrected chi connectivity index (χ2v) is 6.33. The van der Waals surface area contributed by atoms with Gasteiger partial charge in [-0.25, -0.2) is 4.79 Å². The Bertz CT molecular complexity index is 657. The van der Waals surface area contributed by atoms with E-state index < -0.39 is 0 Å². The van der Waals surface area contributed by atoms with Gasteiger partial charge in [-0.1, -0.05) is 42.5 Å². The van der Waals surface area contributed by atoms with Crippen molar-refractivity contribution >= 4 is 17.4 Å². The molecule has 4 heteroatoms. The van der Waals surface area contributed by atoms with E-state index in [1.54, 1.807) is 4.90 Å². The predicted octanol–water partition coefficient (Wildman–Crippen LogP) is 4.63. The lowest BCUT2D eigenvalue weighted by Crippen LogP contribution is -2.32. The summed E-state index contributed by atoms with van der Waals surface area (Å²) in [5, 5.41) is 3.03. The van der Waals surface area contributed by atoms with Gasteiger partial charge >= 0.3 is 6.03 Å². The Balaban J connectivity index is 1.80. The molecular formula is C21H29N3O. The van der Waals surface area contributed by atoms with Crippen molar-refractivity contribution in [3.05, 3.63) is 60.2 Å². The van der Waals surface area contributed by atoms with Gasteiger partial charge in [0.25, 0.3) is 0 Å². The van der Waals surface area contributed by atoms with Gasteiger partial charge in [0.2, 0.25) is 0 Å². The van der Waals surface area contributed by atoms with E-state index in [-0.39, 0.29) is 6.03 Å². The molecule has 0 aliphatic carbocycles. The predicted molar refractivity (Wildman–Crippen MR) is 106 cm³/mol. The number of unbranched alkanes of at least 4 members (excludes halogenated alkanes) is 1. The average Bonchev–Trinajstić information content (AvgIpc) is 2.65. The first-order valence-electron chi connectivity index (χ1n) is 8.98. The minimum Gasteiger partial charge on any atom is -0.373 e. The molecule has 0 saturated heterocycles. The number of rotatable bonds is 8. The quantitative estimate of drug-likeness (QED) is 0.712. The first kappa shape index (κ1) is 18.8. The number of carbonyl (C=O) groups excluding carboxylic acids is 1. The number of anilines is 2. The minimum atomic E-state index is -0.0586. The number of hydrogen-bond donors (Lipinski definition) is 1. The third kappa shape index (κ3) is 5.82. The van der Waals surface area contributed by atoms with Crippen LogP contribution in [0.2, 0.25) is 0 Å². The van der Waals surface area contributed by atoms with E-state index in [0.717, 1.165) is 43.7 Å². The number of urea groups is 1. The lowest BCUT2D eigenvalue weighted by molar-refractivity contribution is 0.221. The molecule has 2 aromatic rings. The van der Waals surface area contributed by atoms with Crippen molar-refractivity contribution in [1.82, 2.24) is 4.90 Å². The van der Waals surface area contributed by atoms with Crippen LogP contribution in [0.25, 0.3) is 0 Å². The topological polar surface area (TPSA) is 35.6 Å². The molecule has 134 valence electrons. The Morgan fingerprint density at radius 1 is 0.960 bits per heavy atom. The maximum absolute atomic E-state index is 12.4. The van der Waals surface area contributed by atoms with Crippen LogP contribution in [0.4, 0.5) is 16.2 Å². The molecule has 0 spiro atoms. The summed E-state index contributed by atoms with van der Waals surface area (Å²) in [6.45, 7) is 3.74. The van der Waals surface area contributed by atoms with E-state index in [9.17, 15) is 4.79 Å². The summed E-state index contributed by atoms with van der Waals surface area (Å²) < 4.78 is 0. The molecule has 2 aromatic carbocycles. The summed E-state index contributed by atoms with van der Waals surface area (Å²) in [5.74, 6) is 0. The second kappa shape index (κ2) is 9.72. The summed E-state index contributed by atoms with van der Waals surface area (Å²) in [6, 6.07) is 18.3. The Hall–Kier alpha value is -2.49. The van der Waals surface area contributed by atoms with Gasteiger partial charge in [0.05, 0.1) is 11.4 Å². The first-order chi connectivity index (χ1) is 12.1. The molecule has 0 aliphatic rings. The number of hydrogen-bond acceptors (Lipinski definition) is 2. The van der Waals surface area contributed by atoms with Crippen LogP contribution in [-0.2, 0) is 6.42 Å². The van der Waals surface area contributed by atoms with Crippen molar-refractivity contribution in [3.63, 3.8) is 0 Å². The van der Waals surface area contributed by atoms with E-state index in [1.807, 2.05) is 44.4 Å². The highest BCUT2D eigenvalue weighted by Gasteiger charge is 2.12. The Kier molecular flexibility index (Phi) is 7.33. The number of para-hydroxylation sites is 2. The molecule has 0 bridgehead atoms. The average molecular weight is 339 g/mol. The van der Waals surface area contributed by atoms with Crippen molar-refractivity contribution < 1.29 is 4.79 Å². The van der Waals surface area contributed by atoms with Gasteiger partial charge < -0.3 is 15.1 Å². The molecule has 0 saturated carbocycles. The number of benzene rings is 2. The van der Waals surface area contributed by atoms with Crippen LogP contribution in [-0.4, -0.2) is 38.1 Å². The van der Waals surface area contributed by atoms with Crippen LogP contribution in [0, 0.1) is 0 Å². The van der Waals surface area contributed by atoms with Gasteiger partial charge in [0, 0.05) is 27.2 Å². The molecule has 0 radical (unpaired) electrons. The van der Waals surface area contributed by atoms with Gasteiger partial charge in [-0.3, -0.25) is 0 Å². The zero-order valence-corrected chi connectivity index (χ0v) is 15.5. The fourth-order valence-corrected chi connectivity index (χ4v) is 2.72. The van der Waals surface area contributed by atoms with Crippen LogP contribution in [0.15, 0.2) is 54.6 Å². The summed E-state index contributed by atoms with van der Waals surface area (Å²) in [4.78, 5) is 16.3. The fourth-order valence-electron chi connectivity index (χ4n) is 2.72. The van der Waals surface area contributed by atoms with Gasteiger partial charge in [-0.15, -0.1) is 0 Å². The van der Waals surface area contributed by atoms with E-state index >= 15 is 0 Å². The Morgan fingerprint density at radius 2 is 1.64 bits per heavy atom. The van der Waals surface area contributed by atoms with Crippen LogP contribution < -0.4 is 10.2 Å². The lowest BCUT2D eigenvalue weighted by Gasteiger charge is -2.23. The molecule has 1 N–H and O–H groups in total. The molecule has 0 fully saturated rings. The third-order valence-electron chi connectivity index (χ3n) is 4.43. The number of carbonyl (C=O) groups is 1. The van der Waals surface area contributed by atoms with Crippen molar-refractivity contribution in [2.75, 3.05) is 37.4 Å². The van der Waals surface area contributed by atoms with Crippen molar-refractivity contribution in [2.24, 2.45) is 0 Å². The molecule has 2 amide bonds.